The fourth-order valence-corrected chi connectivity index (χ4v) is 3.58. The van der Waals surface area contributed by atoms with Crippen molar-refractivity contribution in [2.45, 2.75) is 24.3 Å². The monoisotopic (exact) mass is 354 g/mol. The molecule has 0 saturated carbocycles. The Kier molecular flexibility index (Phi) is 4.89. The Hall–Kier alpha value is -1.35. The minimum atomic E-state index is -4.27. The minimum Gasteiger partial charge on any atom is -0.478 e. The maximum absolute atomic E-state index is 12.2. The van der Waals surface area contributed by atoms with E-state index in [4.69, 9.17) is 34.0 Å². The second-order valence-electron chi connectivity index (χ2n) is 4.66. The molecule has 0 aliphatic heterocycles. The van der Waals surface area contributed by atoms with Gasteiger partial charge in [0, 0.05) is 0 Å². The third-order valence-electron chi connectivity index (χ3n) is 2.55. The summed E-state index contributed by atoms with van der Waals surface area (Å²) in [6, 6.07) is 1.81. The number of benzene rings is 1. The van der Waals surface area contributed by atoms with Gasteiger partial charge in [-0.05, 0) is 26.0 Å². The SMILES string of the molecule is CC(C)(NS(=O)(=O)c1cc(C(=O)O)c(Cl)cc1Cl)C(N)=O. The maximum Gasteiger partial charge on any atom is 0.337 e. The smallest absolute Gasteiger partial charge is 0.337 e. The number of carboxylic acids is 1. The van der Waals surface area contributed by atoms with Crippen LogP contribution in [-0.4, -0.2) is 30.9 Å². The summed E-state index contributed by atoms with van der Waals surface area (Å²) in [4.78, 5) is 21.7. The summed E-state index contributed by atoms with van der Waals surface area (Å²) in [5, 5.41) is 8.46. The van der Waals surface area contributed by atoms with Crippen LogP contribution in [0.2, 0.25) is 10.0 Å². The number of carbonyl (C=O) groups is 2. The van der Waals surface area contributed by atoms with Crippen molar-refractivity contribution in [2.75, 3.05) is 0 Å². The molecule has 0 unspecified atom stereocenters. The van der Waals surface area contributed by atoms with Gasteiger partial charge in [0.05, 0.1) is 15.6 Å². The number of sulfonamides is 1. The number of primary amides is 1. The predicted molar refractivity (Wildman–Crippen MR) is 77.0 cm³/mol. The van der Waals surface area contributed by atoms with Gasteiger partial charge in [-0.2, -0.15) is 4.72 Å². The van der Waals surface area contributed by atoms with Crippen molar-refractivity contribution >= 4 is 45.1 Å². The summed E-state index contributed by atoms with van der Waals surface area (Å²) in [5.74, 6) is -2.32. The van der Waals surface area contributed by atoms with Gasteiger partial charge in [0.2, 0.25) is 15.9 Å². The molecule has 21 heavy (non-hydrogen) atoms. The highest BCUT2D eigenvalue weighted by Crippen LogP contribution is 2.29. The molecule has 7 nitrogen and oxygen atoms in total. The molecule has 4 N–H and O–H groups in total. The van der Waals surface area contributed by atoms with Crippen LogP contribution in [0, 0.1) is 0 Å². The minimum absolute atomic E-state index is 0.208. The zero-order valence-corrected chi connectivity index (χ0v) is 13.3. The first kappa shape index (κ1) is 17.7. The second-order valence-corrected chi connectivity index (χ2v) is 7.13. The largest absolute Gasteiger partial charge is 0.478 e. The van der Waals surface area contributed by atoms with Gasteiger partial charge in [-0.1, -0.05) is 23.2 Å². The van der Waals surface area contributed by atoms with Crippen LogP contribution in [0.1, 0.15) is 24.2 Å². The van der Waals surface area contributed by atoms with Crippen molar-refractivity contribution in [3.63, 3.8) is 0 Å². The molecule has 0 radical (unpaired) electrons. The molecule has 10 heteroatoms. The summed E-state index contributed by atoms with van der Waals surface area (Å²) >= 11 is 11.5. The molecular weight excluding hydrogens is 343 g/mol. The first-order valence-corrected chi connectivity index (χ1v) is 7.68. The van der Waals surface area contributed by atoms with Gasteiger partial charge in [-0.3, -0.25) is 4.79 Å². The van der Waals surface area contributed by atoms with Gasteiger partial charge in [0.1, 0.15) is 10.4 Å². The molecule has 1 aromatic carbocycles. The standard InChI is InChI=1S/C11H12Cl2N2O5S/c1-11(2,10(14)18)15-21(19,20)8-3-5(9(16)17)6(12)4-7(8)13/h3-4,15H,1-2H3,(H2,14,18)(H,16,17). The Morgan fingerprint density at radius 3 is 2.19 bits per heavy atom. The van der Waals surface area contributed by atoms with E-state index in [9.17, 15) is 18.0 Å². The molecule has 1 aromatic rings. The molecular formula is C11H12Cl2N2O5S. The lowest BCUT2D eigenvalue weighted by atomic mass is 10.1. The van der Waals surface area contributed by atoms with Crippen LogP contribution in [0.15, 0.2) is 17.0 Å². The van der Waals surface area contributed by atoms with Gasteiger partial charge < -0.3 is 10.8 Å². The van der Waals surface area contributed by atoms with E-state index in [2.05, 4.69) is 4.72 Å². The van der Waals surface area contributed by atoms with E-state index >= 15 is 0 Å². The van der Waals surface area contributed by atoms with Crippen LogP contribution in [0.5, 0.6) is 0 Å². The van der Waals surface area contributed by atoms with Gasteiger partial charge in [0.15, 0.2) is 0 Å². The van der Waals surface area contributed by atoms with Gasteiger partial charge in [-0.25, -0.2) is 13.2 Å². The number of halogens is 2. The number of hydrogen-bond acceptors (Lipinski definition) is 4. The van der Waals surface area contributed by atoms with Gasteiger partial charge in [0.25, 0.3) is 0 Å². The molecule has 0 heterocycles. The predicted octanol–water partition coefficient (Wildman–Crippen LogP) is 1.23. The number of aromatic carboxylic acids is 1. The Bertz CT molecular complexity index is 716. The van der Waals surface area contributed by atoms with Crippen LogP contribution in [-0.2, 0) is 14.8 Å². The summed E-state index contributed by atoms with van der Waals surface area (Å²) in [7, 11) is -4.27. The quantitative estimate of drug-likeness (QED) is 0.732. The number of nitrogens with one attached hydrogen (secondary N) is 1. The van der Waals surface area contributed by atoms with Crippen molar-refractivity contribution in [1.29, 1.82) is 0 Å². The normalized spacial score (nSPS) is 12.2. The summed E-state index contributed by atoms with van der Waals surface area (Å²) in [6.45, 7) is 2.52. The molecule has 0 aliphatic carbocycles. The average Bonchev–Trinajstić information content (AvgIpc) is 2.25. The van der Waals surface area contributed by atoms with Crippen LogP contribution in [0.4, 0.5) is 0 Å². The van der Waals surface area contributed by atoms with Crippen molar-refractivity contribution in [2.24, 2.45) is 5.73 Å². The zero-order chi connectivity index (χ0) is 16.6. The molecule has 1 amide bonds. The van der Waals surface area contributed by atoms with Crippen molar-refractivity contribution < 1.29 is 23.1 Å². The number of rotatable bonds is 5. The fraction of sp³-hybridized carbons (Fsp3) is 0.273. The van der Waals surface area contributed by atoms with Crippen molar-refractivity contribution in [3.8, 4) is 0 Å². The van der Waals surface area contributed by atoms with E-state index in [0.29, 0.717) is 0 Å². The van der Waals surface area contributed by atoms with E-state index in [-0.39, 0.29) is 10.0 Å². The lowest BCUT2D eigenvalue weighted by Gasteiger charge is -2.22. The number of amides is 1. The van der Waals surface area contributed by atoms with Crippen LogP contribution < -0.4 is 10.5 Å². The lowest BCUT2D eigenvalue weighted by Crippen LogP contribution is -2.52. The summed E-state index contributed by atoms with van der Waals surface area (Å²) in [5.41, 5.74) is 3.07. The molecule has 116 valence electrons. The third kappa shape index (κ3) is 3.85. The lowest BCUT2D eigenvalue weighted by molar-refractivity contribution is -0.122. The summed E-state index contributed by atoms with van der Waals surface area (Å²) in [6.07, 6.45) is 0. The first-order valence-electron chi connectivity index (χ1n) is 5.44. The Morgan fingerprint density at radius 1 is 1.24 bits per heavy atom. The number of hydrogen-bond donors (Lipinski definition) is 3. The molecule has 0 aliphatic rings. The fourth-order valence-electron chi connectivity index (χ4n) is 1.34. The summed E-state index contributed by atoms with van der Waals surface area (Å²) < 4.78 is 26.5. The molecule has 0 bridgehead atoms. The van der Waals surface area contributed by atoms with Crippen LogP contribution >= 0.6 is 23.2 Å². The first-order chi connectivity index (χ1) is 9.38. The highest BCUT2D eigenvalue weighted by atomic mass is 35.5. The molecule has 0 saturated heterocycles. The molecule has 0 atom stereocenters. The molecule has 0 aromatic heterocycles. The van der Waals surface area contributed by atoms with Gasteiger partial charge >= 0.3 is 5.97 Å². The van der Waals surface area contributed by atoms with Crippen molar-refractivity contribution in [1.82, 2.24) is 4.72 Å². The zero-order valence-electron chi connectivity index (χ0n) is 11.0. The van der Waals surface area contributed by atoms with Crippen molar-refractivity contribution in [3.05, 3.63) is 27.7 Å². The average molecular weight is 355 g/mol. The topological polar surface area (TPSA) is 127 Å². The maximum atomic E-state index is 12.2. The molecule has 0 spiro atoms. The number of nitrogens with two attached hydrogens (primary N) is 1. The number of carbonyl (C=O) groups excluding carboxylic acids is 1. The molecule has 1 rings (SSSR count). The van der Waals surface area contributed by atoms with Crippen LogP contribution in [0.25, 0.3) is 0 Å². The van der Waals surface area contributed by atoms with E-state index in [0.717, 1.165) is 12.1 Å². The third-order valence-corrected chi connectivity index (χ3v) is 4.98. The Morgan fingerprint density at radius 2 is 1.76 bits per heavy atom. The second kappa shape index (κ2) is 5.80. The van der Waals surface area contributed by atoms with E-state index < -0.39 is 37.9 Å². The van der Waals surface area contributed by atoms with Crippen LogP contribution in [0.3, 0.4) is 0 Å². The Labute approximate surface area is 131 Å². The highest BCUT2D eigenvalue weighted by Gasteiger charge is 2.33. The highest BCUT2D eigenvalue weighted by molar-refractivity contribution is 7.89. The van der Waals surface area contributed by atoms with Gasteiger partial charge in [-0.15, -0.1) is 0 Å². The Balaban J connectivity index is 3.42. The van der Waals surface area contributed by atoms with E-state index in [1.165, 1.54) is 13.8 Å². The van der Waals surface area contributed by atoms with E-state index in [1.807, 2.05) is 0 Å². The van der Waals surface area contributed by atoms with E-state index in [1.54, 1.807) is 0 Å². The molecule has 0 fully saturated rings. The number of carboxylic acid groups (broad SMARTS) is 1.